The molecule has 0 saturated heterocycles. The van der Waals surface area contributed by atoms with Gasteiger partial charge in [0.15, 0.2) is 5.78 Å². The van der Waals surface area contributed by atoms with E-state index in [2.05, 4.69) is 4.57 Å². The van der Waals surface area contributed by atoms with Crippen LogP contribution in [0.3, 0.4) is 0 Å². The molecule has 0 aliphatic heterocycles. The molecule has 4 aromatic rings. The molecule has 0 atom stereocenters. The highest BCUT2D eigenvalue weighted by Crippen LogP contribution is 2.30. The minimum Gasteiger partial charge on any atom is -0.469 e. The van der Waals surface area contributed by atoms with Crippen molar-refractivity contribution in [3.05, 3.63) is 83.4 Å². The Labute approximate surface area is 157 Å². The Morgan fingerprint density at radius 1 is 0.852 bits per heavy atom. The van der Waals surface area contributed by atoms with E-state index in [9.17, 15) is 9.59 Å². The highest BCUT2D eigenvalue weighted by molar-refractivity contribution is 6.14. The van der Waals surface area contributed by atoms with Crippen LogP contribution in [0.4, 0.5) is 0 Å². The first-order chi connectivity index (χ1) is 13.1. The Hall–Kier alpha value is -3.40. The van der Waals surface area contributed by atoms with Crippen LogP contribution >= 0.6 is 0 Å². The van der Waals surface area contributed by atoms with E-state index in [1.54, 1.807) is 0 Å². The second-order valence-corrected chi connectivity index (χ2v) is 6.59. The minimum atomic E-state index is -0.260. The predicted molar refractivity (Wildman–Crippen MR) is 106 cm³/mol. The Balaban J connectivity index is 1.82. The van der Waals surface area contributed by atoms with Gasteiger partial charge in [-0.05, 0) is 29.8 Å². The third-order valence-corrected chi connectivity index (χ3v) is 4.95. The number of rotatable bonds is 4. The fourth-order valence-corrected chi connectivity index (χ4v) is 3.50. The zero-order valence-corrected chi connectivity index (χ0v) is 15.2. The van der Waals surface area contributed by atoms with Gasteiger partial charge in [-0.2, -0.15) is 0 Å². The minimum absolute atomic E-state index is 0.0109. The summed E-state index contributed by atoms with van der Waals surface area (Å²) in [6.07, 6.45) is 0.242. The first-order valence-corrected chi connectivity index (χ1v) is 8.76. The number of ether oxygens (including phenoxy) is 1. The molecule has 0 bridgehead atoms. The standard InChI is InChI=1S/C23H19NO3/c1-24-20-11-9-17(23(26)16-6-4-3-5-7-16)14-19(20)18-10-8-15(12-21(18)24)13-22(25)27-2/h3-12,14H,13H2,1-2H3. The second-order valence-electron chi connectivity index (χ2n) is 6.59. The van der Waals surface area contributed by atoms with E-state index < -0.39 is 0 Å². The summed E-state index contributed by atoms with van der Waals surface area (Å²) in [4.78, 5) is 24.3. The molecule has 4 nitrogen and oxygen atoms in total. The summed E-state index contributed by atoms with van der Waals surface area (Å²) in [5.74, 6) is -0.249. The first-order valence-electron chi connectivity index (χ1n) is 8.76. The summed E-state index contributed by atoms with van der Waals surface area (Å²) < 4.78 is 6.84. The molecule has 1 aromatic heterocycles. The monoisotopic (exact) mass is 357 g/mol. The molecule has 4 heteroatoms. The molecule has 0 N–H and O–H groups in total. The number of aromatic nitrogens is 1. The number of nitrogens with zero attached hydrogens (tertiary/aromatic N) is 1. The van der Waals surface area contributed by atoms with Crippen LogP contribution in [0, 0.1) is 0 Å². The summed E-state index contributed by atoms with van der Waals surface area (Å²) in [7, 11) is 3.38. The van der Waals surface area contributed by atoms with Crippen molar-refractivity contribution in [1.82, 2.24) is 4.57 Å². The van der Waals surface area contributed by atoms with Gasteiger partial charge in [-0.25, -0.2) is 0 Å². The average Bonchev–Trinajstić information content (AvgIpc) is 2.99. The van der Waals surface area contributed by atoms with Crippen molar-refractivity contribution in [3.63, 3.8) is 0 Å². The van der Waals surface area contributed by atoms with Gasteiger partial charge in [0.1, 0.15) is 0 Å². The quantitative estimate of drug-likeness (QED) is 0.405. The van der Waals surface area contributed by atoms with Crippen LogP contribution in [0.15, 0.2) is 66.7 Å². The molecule has 134 valence electrons. The molecule has 0 saturated carbocycles. The number of aryl methyl sites for hydroxylation is 1. The van der Waals surface area contributed by atoms with E-state index in [1.807, 2.05) is 73.8 Å². The molecule has 0 unspecified atom stereocenters. The number of fused-ring (bicyclic) bond motifs is 3. The van der Waals surface area contributed by atoms with Crippen LogP contribution in [-0.4, -0.2) is 23.4 Å². The Kier molecular flexibility index (Phi) is 4.24. The molecule has 0 aliphatic rings. The third-order valence-electron chi connectivity index (χ3n) is 4.95. The summed E-state index contributed by atoms with van der Waals surface area (Å²) >= 11 is 0. The van der Waals surface area contributed by atoms with Crippen molar-refractivity contribution in [2.45, 2.75) is 6.42 Å². The second kappa shape index (κ2) is 6.72. The summed E-state index contributed by atoms with van der Waals surface area (Å²) in [6.45, 7) is 0. The van der Waals surface area contributed by atoms with E-state index in [-0.39, 0.29) is 18.2 Å². The van der Waals surface area contributed by atoms with E-state index >= 15 is 0 Å². The number of methoxy groups -OCH3 is 1. The number of esters is 1. The van der Waals surface area contributed by atoms with E-state index in [1.165, 1.54) is 7.11 Å². The molecule has 4 rings (SSSR count). The SMILES string of the molecule is COC(=O)Cc1ccc2c3cc(C(=O)c4ccccc4)ccc3n(C)c2c1. The van der Waals surface area contributed by atoms with Gasteiger partial charge in [0.25, 0.3) is 0 Å². The maximum absolute atomic E-state index is 12.8. The van der Waals surface area contributed by atoms with Crippen molar-refractivity contribution in [2.24, 2.45) is 7.05 Å². The van der Waals surface area contributed by atoms with Gasteiger partial charge < -0.3 is 9.30 Å². The zero-order chi connectivity index (χ0) is 19.0. The van der Waals surface area contributed by atoms with Crippen molar-refractivity contribution >= 4 is 33.6 Å². The normalized spacial score (nSPS) is 11.0. The zero-order valence-electron chi connectivity index (χ0n) is 15.2. The Morgan fingerprint density at radius 3 is 2.37 bits per heavy atom. The average molecular weight is 357 g/mol. The lowest BCUT2D eigenvalue weighted by atomic mass is 10.0. The molecule has 1 heterocycles. The maximum atomic E-state index is 12.8. The number of hydrogen-bond acceptors (Lipinski definition) is 3. The molecular formula is C23H19NO3. The van der Waals surface area contributed by atoms with Crippen LogP contribution < -0.4 is 0 Å². The van der Waals surface area contributed by atoms with Gasteiger partial charge in [0.2, 0.25) is 0 Å². The van der Waals surface area contributed by atoms with Crippen LogP contribution in [0.5, 0.6) is 0 Å². The van der Waals surface area contributed by atoms with Gasteiger partial charge in [0.05, 0.1) is 13.5 Å². The van der Waals surface area contributed by atoms with Crippen molar-refractivity contribution < 1.29 is 14.3 Å². The summed E-state index contributed by atoms with van der Waals surface area (Å²) in [6, 6.07) is 21.0. The van der Waals surface area contributed by atoms with E-state index in [4.69, 9.17) is 4.74 Å². The number of carbonyl (C=O) groups is 2. The van der Waals surface area contributed by atoms with E-state index in [0.29, 0.717) is 11.1 Å². The van der Waals surface area contributed by atoms with Gasteiger partial charge in [-0.3, -0.25) is 9.59 Å². The topological polar surface area (TPSA) is 48.3 Å². The van der Waals surface area contributed by atoms with Crippen LogP contribution in [0.2, 0.25) is 0 Å². The summed E-state index contributed by atoms with van der Waals surface area (Å²) in [5, 5.41) is 2.09. The number of hydrogen-bond donors (Lipinski definition) is 0. The van der Waals surface area contributed by atoms with Crippen LogP contribution in [0.1, 0.15) is 21.5 Å². The van der Waals surface area contributed by atoms with Gasteiger partial charge in [-0.1, -0.05) is 42.5 Å². The third kappa shape index (κ3) is 2.99. The fourth-order valence-electron chi connectivity index (χ4n) is 3.50. The summed E-state index contributed by atoms with van der Waals surface area (Å²) in [5.41, 5.74) is 4.32. The molecular weight excluding hydrogens is 338 g/mol. The highest BCUT2D eigenvalue weighted by Gasteiger charge is 2.14. The number of carbonyl (C=O) groups excluding carboxylic acids is 2. The van der Waals surface area contributed by atoms with Crippen LogP contribution in [-0.2, 0) is 23.0 Å². The van der Waals surface area contributed by atoms with Gasteiger partial charge in [0, 0.05) is 40.0 Å². The lowest BCUT2D eigenvalue weighted by molar-refractivity contribution is -0.139. The number of benzene rings is 3. The molecule has 0 amide bonds. The van der Waals surface area contributed by atoms with Crippen molar-refractivity contribution in [3.8, 4) is 0 Å². The lowest BCUT2D eigenvalue weighted by Gasteiger charge is -2.02. The van der Waals surface area contributed by atoms with Gasteiger partial charge >= 0.3 is 5.97 Å². The van der Waals surface area contributed by atoms with Crippen molar-refractivity contribution in [1.29, 1.82) is 0 Å². The smallest absolute Gasteiger partial charge is 0.309 e. The molecule has 0 spiro atoms. The van der Waals surface area contributed by atoms with Gasteiger partial charge in [-0.15, -0.1) is 0 Å². The van der Waals surface area contributed by atoms with Crippen LogP contribution in [0.25, 0.3) is 21.8 Å². The predicted octanol–water partition coefficient (Wildman–Crippen LogP) is 4.28. The fraction of sp³-hybridized carbons (Fsp3) is 0.130. The molecule has 27 heavy (non-hydrogen) atoms. The maximum Gasteiger partial charge on any atom is 0.309 e. The molecule has 0 fully saturated rings. The highest BCUT2D eigenvalue weighted by atomic mass is 16.5. The molecule has 0 aliphatic carbocycles. The Morgan fingerprint density at radius 2 is 1.63 bits per heavy atom. The molecule has 3 aromatic carbocycles. The van der Waals surface area contributed by atoms with Crippen molar-refractivity contribution in [2.75, 3.05) is 7.11 Å². The molecule has 0 radical (unpaired) electrons. The largest absolute Gasteiger partial charge is 0.469 e. The first kappa shape index (κ1) is 17.0. The number of ketones is 1. The lowest BCUT2D eigenvalue weighted by Crippen LogP contribution is -2.04. The Bertz CT molecular complexity index is 1170. The van der Waals surface area contributed by atoms with E-state index in [0.717, 1.165) is 27.4 Å².